The van der Waals surface area contributed by atoms with Crippen molar-refractivity contribution in [2.75, 3.05) is 38.4 Å². The van der Waals surface area contributed by atoms with E-state index in [4.69, 9.17) is 9.47 Å². The van der Waals surface area contributed by atoms with Crippen LogP contribution in [0.4, 0.5) is 0 Å². The highest BCUT2D eigenvalue weighted by atomic mass is 32.2. The molecule has 2 atom stereocenters. The number of thioether (sulfide) groups is 1. The molecule has 3 nitrogen and oxygen atoms in total. The van der Waals surface area contributed by atoms with Gasteiger partial charge >= 0.3 is 0 Å². The van der Waals surface area contributed by atoms with Crippen LogP contribution in [-0.2, 0) is 9.47 Å². The Hall–Kier alpha value is 0.230. The third-order valence-corrected chi connectivity index (χ3v) is 5.01. The van der Waals surface area contributed by atoms with Gasteiger partial charge in [-0.15, -0.1) is 0 Å². The Morgan fingerprint density at radius 2 is 2.11 bits per heavy atom. The van der Waals surface area contributed by atoms with Crippen LogP contribution in [0.1, 0.15) is 32.6 Å². The van der Waals surface area contributed by atoms with Crippen molar-refractivity contribution in [3.8, 4) is 0 Å². The second kappa shape index (κ2) is 7.13. The van der Waals surface area contributed by atoms with Crippen molar-refractivity contribution < 1.29 is 9.47 Å². The van der Waals surface area contributed by atoms with Crippen LogP contribution in [0.5, 0.6) is 0 Å². The van der Waals surface area contributed by atoms with E-state index in [9.17, 15) is 0 Å². The van der Waals surface area contributed by atoms with Gasteiger partial charge in [0, 0.05) is 25.9 Å². The van der Waals surface area contributed by atoms with Gasteiger partial charge in [-0.2, -0.15) is 11.8 Å². The highest BCUT2D eigenvalue weighted by Crippen LogP contribution is 2.34. The van der Waals surface area contributed by atoms with Crippen LogP contribution in [0.25, 0.3) is 0 Å². The van der Waals surface area contributed by atoms with E-state index >= 15 is 0 Å². The van der Waals surface area contributed by atoms with Crippen molar-refractivity contribution >= 4 is 11.8 Å². The highest BCUT2D eigenvalue weighted by molar-refractivity contribution is 7.98. The third kappa shape index (κ3) is 4.12. The Labute approximate surface area is 115 Å². The van der Waals surface area contributed by atoms with E-state index in [-0.39, 0.29) is 5.60 Å². The summed E-state index contributed by atoms with van der Waals surface area (Å²) in [6.07, 6.45) is 6.66. The standard InChI is InChI=1S/C14H27NO2S/c1-12(11-18-2)10-15-13-3-6-17-14(9-13)4-7-16-8-5-14/h12-13,15H,3-11H2,1-2H3. The van der Waals surface area contributed by atoms with Crippen molar-refractivity contribution in [3.63, 3.8) is 0 Å². The zero-order valence-corrected chi connectivity index (χ0v) is 12.6. The smallest absolute Gasteiger partial charge is 0.0741 e. The molecule has 0 bridgehead atoms. The fourth-order valence-corrected chi connectivity index (χ4v) is 3.69. The topological polar surface area (TPSA) is 30.5 Å². The van der Waals surface area contributed by atoms with E-state index < -0.39 is 0 Å². The van der Waals surface area contributed by atoms with Gasteiger partial charge in [-0.05, 0) is 50.2 Å². The molecule has 106 valence electrons. The fourth-order valence-electron chi connectivity index (χ4n) is 3.01. The molecule has 2 heterocycles. The molecule has 1 spiro atoms. The van der Waals surface area contributed by atoms with Crippen molar-refractivity contribution in [1.82, 2.24) is 5.32 Å². The van der Waals surface area contributed by atoms with E-state index in [0.717, 1.165) is 51.5 Å². The highest BCUT2D eigenvalue weighted by Gasteiger charge is 2.38. The van der Waals surface area contributed by atoms with Crippen molar-refractivity contribution in [2.45, 2.75) is 44.2 Å². The second-order valence-corrected chi connectivity index (χ2v) is 6.71. The minimum absolute atomic E-state index is 0.122. The van der Waals surface area contributed by atoms with Crippen molar-refractivity contribution in [3.05, 3.63) is 0 Å². The molecule has 2 aliphatic heterocycles. The average Bonchev–Trinajstić information content (AvgIpc) is 2.38. The van der Waals surface area contributed by atoms with E-state index in [1.54, 1.807) is 0 Å². The van der Waals surface area contributed by atoms with Gasteiger partial charge in [0.05, 0.1) is 5.60 Å². The molecule has 0 aliphatic carbocycles. The van der Waals surface area contributed by atoms with Gasteiger partial charge < -0.3 is 14.8 Å². The first-order valence-corrected chi connectivity index (χ1v) is 8.57. The van der Waals surface area contributed by atoms with Gasteiger partial charge in [0.25, 0.3) is 0 Å². The Morgan fingerprint density at radius 1 is 1.33 bits per heavy atom. The molecule has 0 amide bonds. The maximum absolute atomic E-state index is 6.07. The summed E-state index contributed by atoms with van der Waals surface area (Å²) in [5.74, 6) is 2.00. The zero-order valence-electron chi connectivity index (χ0n) is 11.7. The van der Waals surface area contributed by atoms with E-state index in [0.29, 0.717) is 6.04 Å². The van der Waals surface area contributed by atoms with E-state index in [1.165, 1.54) is 12.2 Å². The molecule has 2 rings (SSSR count). The summed E-state index contributed by atoms with van der Waals surface area (Å²) in [7, 11) is 0. The first-order chi connectivity index (χ1) is 8.74. The second-order valence-electron chi connectivity index (χ2n) is 5.80. The zero-order chi connectivity index (χ0) is 12.8. The molecule has 2 aliphatic rings. The number of hydrogen-bond donors (Lipinski definition) is 1. The first kappa shape index (κ1) is 14.6. The lowest BCUT2D eigenvalue weighted by molar-refractivity contribution is -0.140. The normalized spacial score (nSPS) is 29.3. The monoisotopic (exact) mass is 273 g/mol. The van der Waals surface area contributed by atoms with Gasteiger partial charge in [0.15, 0.2) is 0 Å². The Bertz CT molecular complexity index is 238. The number of rotatable bonds is 5. The van der Waals surface area contributed by atoms with E-state index in [1.807, 2.05) is 11.8 Å². The molecular formula is C14H27NO2S. The van der Waals surface area contributed by atoms with Gasteiger partial charge in [-0.3, -0.25) is 0 Å². The summed E-state index contributed by atoms with van der Waals surface area (Å²) in [5, 5.41) is 3.74. The largest absolute Gasteiger partial charge is 0.381 e. The lowest BCUT2D eigenvalue weighted by atomic mass is 9.84. The lowest BCUT2D eigenvalue weighted by Gasteiger charge is -2.43. The van der Waals surface area contributed by atoms with Crippen LogP contribution < -0.4 is 5.32 Å². The molecule has 0 aromatic carbocycles. The summed E-state index contributed by atoms with van der Waals surface area (Å²) in [6, 6.07) is 0.640. The van der Waals surface area contributed by atoms with Gasteiger partial charge in [-0.25, -0.2) is 0 Å². The summed E-state index contributed by atoms with van der Waals surface area (Å²) < 4.78 is 11.5. The van der Waals surface area contributed by atoms with Crippen LogP contribution in [0.15, 0.2) is 0 Å². The summed E-state index contributed by atoms with van der Waals surface area (Å²) in [6.45, 7) is 6.12. The molecule has 0 radical (unpaired) electrons. The maximum atomic E-state index is 6.07. The Kier molecular flexibility index (Phi) is 5.80. The Morgan fingerprint density at radius 3 is 2.83 bits per heavy atom. The molecule has 0 aromatic heterocycles. The maximum Gasteiger partial charge on any atom is 0.0741 e. The van der Waals surface area contributed by atoms with Gasteiger partial charge in [0.2, 0.25) is 0 Å². The van der Waals surface area contributed by atoms with Crippen LogP contribution in [-0.4, -0.2) is 50.0 Å². The number of hydrogen-bond acceptors (Lipinski definition) is 4. The molecule has 0 saturated carbocycles. The molecular weight excluding hydrogens is 246 g/mol. The fraction of sp³-hybridized carbons (Fsp3) is 1.00. The quantitative estimate of drug-likeness (QED) is 0.832. The third-order valence-electron chi connectivity index (χ3n) is 4.10. The molecule has 2 fully saturated rings. The SMILES string of the molecule is CSCC(C)CNC1CCOC2(CCOCC2)C1. The number of ether oxygens (including phenoxy) is 2. The first-order valence-electron chi connectivity index (χ1n) is 7.18. The van der Waals surface area contributed by atoms with Gasteiger partial charge in [-0.1, -0.05) is 6.92 Å². The van der Waals surface area contributed by atoms with Crippen LogP contribution in [0, 0.1) is 5.92 Å². The molecule has 2 unspecified atom stereocenters. The van der Waals surface area contributed by atoms with Crippen molar-refractivity contribution in [1.29, 1.82) is 0 Å². The average molecular weight is 273 g/mol. The van der Waals surface area contributed by atoms with Gasteiger partial charge in [0.1, 0.15) is 0 Å². The van der Waals surface area contributed by atoms with Crippen LogP contribution in [0.2, 0.25) is 0 Å². The van der Waals surface area contributed by atoms with E-state index in [2.05, 4.69) is 18.5 Å². The minimum atomic E-state index is 0.122. The molecule has 2 saturated heterocycles. The molecule has 18 heavy (non-hydrogen) atoms. The predicted molar refractivity (Wildman–Crippen MR) is 77.3 cm³/mol. The summed E-state index contributed by atoms with van der Waals surface area (Å²) >= 11 is 1.94. The van der Waals surface area contributed by atoms with Crippen molar-refractivity contribution in [2.24, 2.45) is 5.92 Å². The summed E-state index contributed by atoms with van der Waals surface area (Å²) in [5.41, 5.74) is 0.122. The molecule has 0 aromatic rings. The lowest BCUT2D eigenvalue weighted by Crippen LogP contribution is -2.50. The molecule has 1 N–H and O–H groups in total. The number of nitrogens with one attached hydrogen (secondary N) is 1. The molecule has 4 heteroatoms. The Balaban J connectivity index is 1.76. The predicted octanol–water partition coefficient (Wildman–Crippen LogP) is 2.30. The minimum Gasteiger partial charge on any atom is -0.381 e. The van der Waals surface area contributed by atoms with Crippen LogP contribution in [0.3, 0.4) is 0 Å². The van der Waals surface area contributed by atoms with Crippen LogP contribution >= 0.6 is 11.8 Å². The summed E-state index contributed by atoms with van der Waals surface area (Å²) in [4.78, 5) is 0.